The number of aromatic nitrogens is 2. The molecule has 0 radical (unpaired) electrons. The summed E-state index contributed by atoms with van der Waals surface area (Å²) < 4.78 is 0. The number of amides is 1. The number of benzene rings is 2. The van der Waals surface area contributed by atoms with Crippen LogP contribution in [0, 0.1) is 0 Å². The average Bonchev–Trinajstić information content (AvgIpc) is 3.32. The molecule has 3 heterocycles. The monoisotopic (exact) mass is 469 g/mol. The second-order valence-corrected chi connectivity index (χ2v) is 9.43. The predicted molar refractivity (Wildman–Crippen MR) is 140 cm³/mol. The summed E-state index contributed by atoms with van der Waals surface area (Å²) in [4.78, 5) is 26.3. The summed E-state index contributed by atoms with van der Waals surface area (Å²) in [6, 6.07) is 17.8. The van der Waals surface area contributed by atoms with Crippen LogP contribution in [0.2, 0.25) is 0 Å². The van der Waals surface area contributed by atoms with Crippen molar-refractivity contribution >= 4 is 22.6 Å². The molecule has 1 amide bonds. The molecule has 0 aliphatic carbocycles. The van der Waals surface area contributed by atoms with Crippen LogP contribution in [0.4, 0.5) is 5.69 Å². The van der Waals surface area contributed by atoms with Gasteiger partial charge in [0.1, 0.15) is 11.8 Å². The first-order valence-corrected chi connectivity index (χ1v) is 11.9. The molecule has 2 N–H and O–H groups in total. The van der Waals surface area contributed by atoms with Crippen LogP contribution < -0.4 is 4.90 Å². The van der Waals surface area contributed by atoms with Gasteiger partial charge in [0, 0.05) is 80.4 Å². The van der Waals surface area contributed by atoms with Crippen LogP contribution in [0.3, 0.4) is 0 Å². The standard InChI is InChI=1S/C28H31N5O2/c1-31(2)28(35)21-6-4-20(5-7-21)26(34)25-18-30-27-24(25)16-22(17-29-27)19-8-10-23(11-9-19)33-14-12-32(3)13-15-33/h4-11,16-18,26,34H,12-15H2,1-3H3,(H,29,30). The number of fused-ring (bicyclic) bond motifs is 1. The largest absolute Gasteiger partial charge is 0.384 e. The second-order valence-electron chi connectivity index (χ2n) is 9.43. The number of pyridine rings is 1. The van der Waals surface area contributed by atoms with Gasteiger partial charge in [-0.25, -0.2) is 4.98 Å². The Morgan fingerprint density at radius 3 is 2.34 bits per heavy atom. The maximum atomic E-state index is 12.2. The van der Waals surface area contributed by atoms with Crippen molar-refractivity contribution in [2.75, 3.05) is 52.2 Å². The van der Waals surface area contributed by atoms with E-state index >= 15 is 0 Å². The molecule has 1 unspecified atom stereocenters. The summed E-state index contributed by atoms with van der Waals surface area (Å²) >= 11 is 0. The van der Waals surface area contributed by atoms with E-state index in [0.29, 0.717) is 5.56 Å². The lowest BCUT2D eigenvalue weighted by atomic mass is 9.98. The lowest BCUT2D eigenvalue weighted by Gasteiger charge is -2.34. The van der Waals surface area contributed by atoms with Crippen molar-refractivity contribution in [1.82, 2.24) is 19.8 Å². The number of piperazine rings is 1. The molecule has 35 heavy (non-hydrogen) atoms. The minimum Gasteiger partial charge on any atom is -0.384 e. The number of hydrogen-bond acceptors (Lipinski definition) is 5. The summed E-state index contributed by atoms with van der Waals surface area (Å²) in [5.74, 6) is -0.0642. The highest BCUT2D eigenvalue weighted by atomic mass is 16.3. The van der Waals surface area contributed by atoms with Crippen LogP contribution in [0.5, 0.6) is 0 Å². The fourth-order valence-electron chi connectivity index (χ4n) is 4.58. The summed E-state index contributed by atoms with van der Waals surface area (Å²) in [6.07, 6.45) is 2.84. The van der Waals surface area contributed by atoms with Gasteiger partial charge in [-0.2, -0.15) is 0 Å². The van der Waals surface area contributed by atoms with Gasteiger partial charge in [-0.05, 0) is 48.5 Å². The molecule has 1 saturated heterocycles. The Balaban J connectivity index is 1.39. The molecule has 0 bridgehead atoms. The summed E-state index contributed by atoms with van der Waals surface area (Å²) in [5, 5.41) is 12.0. The fourth-order valence-corrected chi connectivity index (χ4v) is 4.58. The first-order chi connectivity index (χ1) is 16.9. The molecule has 1 aliphatic rings. The lowest BCUT2D eigenvalue weighted by Crippen LogP contribution is -2.44. The van der Waals surface area contributed by atoms with E-state index in [9.17, 15) is 9.90 Å². The molecule has 7 nitrogen and oxygen atoms in total. The van der Waals surface area contributed by atoms with Crippen LogP contribution in [0.1, 0.15) is 27.6 Å². The zero-order valence-corrected chi connectivity index (χ0v) is 20.4. The van der Waals surface area contributed by atoms with Gasteiger partial charge < -0.3 is 24.8 Å². The zero-order chi connectivity index (χ0) is 24.5. The number of nitrogens with one attached hydrogen (secondary N) is 1. The maximum Gasteiger partial charge on any atom is 0.253 e. The second kappa shape index (κ2) is 9.52. The third kappa shape index (κ3) is 4.65. The van der Waals surface area contributed by atoms with Crippen molar-refractivity contribution < 1.29 is 9.90 Å². The number of hydrogen-bond donors (Lipinski definition) is 2. The van der Waals surface area contributed by atoms with Crippen LogP contribution in [-0.4, -0.2) is 78.1 Å². The van der Waals surface area contributed by atoms with Gasteiger partial charge in [0.2, 0.25) is 0 Å². The van der Waals surface area contributed by atoms with E-state index in [1.165, 1.54) is 10.6 Å². The molecular formula is C28H31N5O2. The molecule has 1 fully saturated rings. The zero-order valence-electron chi connectivity index (χ0n) is 20.4. The topological polar surface area (TPSA) is 75.7 Å². The highest BCUT2D eigenvalue weighted by Gasteiger charge is 2.18. The minimum absolute atomic E-state index is 0.0642. The van der Waals surface area contributed by atoms with E-state index in [2.05, 4.69) is 57.1 Å². The number of H-pyrrole nitrogens is 1. The van der Waals surface area contributed by atoms with E-state index in [1.807, 2.05) is 12.4 Å². The highest BCUT2D eigenvalue weighted by Crippen LogP contribution is 2.32. The van der Waals surface area contributed by atoms with Crippen LogP contribution >= 0.6 is 0 Å². The SMILES string of the molecule is CN1CCN(c2ccc(-c3cnc4[nH]cc(C(O)c5ccc(C(=O)N(C)C)cc5)c4c3)cc2)CC1. The average molecular weight is 470 g/mol. The third-order valence-corrected chi connectivity index (χ3v) is 6.81. The van der Waals surface area contributed by atoms with Gasteiger partial charge in [-0.15, -0.1) is 0 Å². The number of aliphatic hydroxyl groups excluding tert-OH is 1. The Morgan fingerprint density at radius 2 is 1.69 bits per heavy atom. The number of carbonyl (C=O) groups excluding carboxylic acids is 1. The van der Waals surface area contributed by atoms with Gasteiger partial charge in [-0.3, -0.25) is 4.79 Å². The maximum absolute atomic E-state index is 12.2. The van der Waals surface area contributed by atoms with Gasteiger partial charge in [-0.1, -0.05) is 24.3 Å². The number of anilines is 1. The normalized spacial score (nSPS) is 15.4. The fraction of sp³-hybridized carbons (Fsp3) is 0.286. The van der Waals surface area contributed by atoms with Crippen molar-refractivity contribution in [3.05, 3.63) is 83.7 Å². The predicted octanol–water partition coefficient (Wildman–Crippen LogP) is 3.77. The van der Waals surface area contributed by atoms with Gasteiger partial charge >= 0.3 is 0 Å². The summed E-state index contributed by atoms with van der Waals surface area (Å²) in [7, 11) is 5.61. The molecular weight excluding hydrogens is 438 g/mol. The highest BCUT2D eigenvalue weighted by molar-refractivity contribution is 5.94. The van der Waals surface area contributed by atoms with Crippen LogP contribution in [0.15, 0.2) is 67.0 Å². The van der Waals surface area contributed by atoms with Crippen molar-refractivity contribution in [3.63, 3.8) is 0 Å². The molecule has 1 aliphatic heterocycles. The Bertz CT molecular complexity index is 1320. The Morgan fingerprint density at radius 1 is 1.00 bits per heavy atom. The molecule has 2 aromatic carbocycles. The summed E-state index contributed by atoms with van der Waals surface area (Å²) in [5.41, 5.74) is 6.14. The molecule has 5 rings (SSSR count). The van der Waals surface area contributed by atoms with Crippen molar-refractivity contribution in [1.29, 1.82) is 0 Å². The lowest BCUT2D eigenvalue weighted by molar-refractivity contribution is 0.0827. The van der Waals surface area contributed by atoms with E-state index < -0.39 is 6.10 Å². The van der Waals surface area contributed by atoms with Crippen molar-refractivity contribution in [2.24, 2.45) is 0 Å². The van der Waals surface area contributed by atoms with Crippen LogP contribution in [-0.2, 0) is 0 Å². The van der Waals surface area contributed by atoms with E-state index in [1.54, 1.807) is 38.4 Å². The Hall–Kier alpha value is -3.68. The Labute approximate surface area is 205 Å². The number of nitrogens with zero attached hydrogens (tertiary/aromatic N) is 4. The molecule has 180 valence electrons. The number of rotatable bonds is 5. The molecule has 4 aromatic rings. The quantitative estimate of drug-likeness (QED) is 0.466. The van der Waals surface area contributed by atoms with Gasteiger partial charge in [0.15, 0.2) is 0 Å². The first kappa shape index (κ1) is 23.1. The molecule has 0 saturated carbocycles. The molecule has 2 aromatic heterocycles. The van der Waals surface area contributed by atoms with Crippen LogP contribution in [0.25, 0.3) is 22.2 Å². The van der Waals surface area contributed by atoms with E-state index in [0.717, 1.165) is 59.5 Å². The van der Waals surface area contributed by atoms with E-state index in [4.69, 9.17) is 0 Å². The Kier molecular flexibility index (Phi) is 6.28. The van der Waals surface area contributed by atoms with Crippen molar-refractivity contribution in [2.45, 2.75) is 6.10 Å². The third-order valence-electron chi connectivity index (χ3n) is 6.81. The molecule has 7 heteroatoms. The molecule has 0 spiro atoms. The van der Waals surface area contributed by atoms with E-state index in [-0.39, 0.29) is 5.91 Å². The van der Waals surface area contributed by atoms with Gasteiger partial charge in [0.05, 0.1) is 0 Å². The van der Waals surface area contributed by atoms with Gasteiger partial charge in [0.25, 0.3) is 5.91 Å². The van der Waals surface area contributed by atoms with Crippen molar-refractivity contribution in [3.8, 4) is 11.1 Å². The molecule has 1 atom stereocenters. The smallest absolute Gasteiger partial charge is 0.253 e. The number of carbonyl (C=O) groups is 1. The minimum atomic E-state index is -0.830. The summed E-state index contributed by atoms with van der Waals surface area (Å²) in [6.45, 7) is 4.24. The number of aliphatic hydroxyl groups is 1. The number of likely N-dealkylation sites (N-methyl/N-ethyl adjacent to an activating group) is 1. The first-order valence-electron chi connectivity index (χ1n) is 11.9. The number of aromatic amines is 1.